The molecule has 1 amide bonds. The molecule has 0 saturated heterocycles. The molecule has 0 aliphatic heterocycles. The van der Waals surface area contributed by atoms with E-state index in [9.17, 15) is 13.2 Å². The van der Waals surface area contributed by atoms with Crippen molar-refractivity contribution in [2.45, 2.75) is 30.5 Å². The Bertz CT molecular complexity index is 1280. The Morgan fingerprint density at radius 2 is 1.58 bits per heavy atom. The summed E-state index contributed by atoms with van der Waals surface area (Å²) in [6.07, 6.45) is 0. The predicted molar refractivity (Wildman–Crippen MR) is 125 cm³/mol. The molecular weight excluding hydrogens is 428 g/mol. The molecule has 0 saturated carbocycles. The molecule has 0 bridgehead atoms. The maximum absolute atomic E-state index is 13.5. The lowest BCUT2D eigenvalue weighted by Crippen LogP contribution is -2.30. The van der Waals surface area contributed by atoms with Crippen molar-refractivity contribution in [1.29, 1.82) is 0 Å². The van der Waals surface area contributed by atoms with E-state index in [1.165, 1.54) is 23.5 Å². The van der Waals surface area contributed by atoms with Gasteiger partial charge in [-0.3, -0.25) is 9.69 Å². The van der Waals surface area contributed by atoms with Crippen molar-refractivity contribution >= 4 is 42.4 Å². The van der Waals surface area contributed by atoms with Crippen LogP contribution in [-0.4, -0.2) is 24.6 Å². The Hall–Kier alpha value is -3.03. The third-order valence-electron chi connectivity index (χ3n) is 4.99. The summed E-state index contributed by atoms with van der Waals surface area (Å²) >= 11 is 1.46. The summed E-state index contributed by atoms with van der Waals surface area (Å²) < 4.78 is 25.8. The van der Waals surface area contributed by atoms with Gasteiger partial charge in [-0.05, 0) is 55.8 Å². The highest BCUT2D eigenvalue weighted by Gasteiger charge is 2.23. The molecule has 0 unspecified atom stereocenters. The van der Waals surface area contributed by atoms with E-state index < -0.39 is 15.1 Å². The van der Waals surface area contributed by atoms with Gasteiger partial charge in [-0.1, -0.05) is 53.8 Å². The topological polar surface area (TPSA) is 67.3 Å². The van der Waals surface area contributed by atoms with Gasteiger partial charge in [0.25, 0.3) is 5.91 Å². The predicted octanol–water partition coefficient (Wildman–Crippen LogP) is 5.33. The summed E-state index contributed by atoms with van der Waals surface area (Å²) in [5, 5.41) is 0.0836. The van der Waals surface area contributed by atoms with Gasteiger partial charge in [-0.2, -0.15) is 0 Å². The van der Waals surface area contributed by atoms with Crippen LogP contribution < -0.4 is 4.90 Å². The van der Waals surface area contributed by atoms with Crippen LogP contribution in [0.15, 0.2) is 83.8 Å². The average Bonchev–Trinajstić information content (AvgIpc) is 3.21. The van der Waals surface area contributed by atoms with Crippen molar-refractivity contribution in [2.24, 2.45) is 0 Å². The van der Waals surface area contributed by atoms with Crippen molar-refractivity contribution in [1.82, 2.24) is 4.98 Å². The van der Waals surface area contributed by atoms with Gasteiger partial charge in [0.2, 0.25) is 0 Å². The van der Waals surface area contributed by atoms with Gasteiger partial charge >= 0.3 is 0 Å². The smallest absolute Gasteiger partial charge is 0.260 e. The number of anilines is 1. The van der Waals surface area contributed by atoms with Gasteiger partial charge in [0.15, 0.2) is 15.0 Å². The Morgan fingerprint density at radius 1 is 0.935 bits per heavy atom. The summed E-state index contributed by atoms with van der Waals surface area (Å²) in [4.78, 5) is 20.0. The van der Waals surface area contributed by atoms with Crippen LogP contribution in [0, 0.1) is 0 Å². The van der Waals surface area contributed by atoms with Crippen molar-refractivity contribution in [3.63, 3.8) is 0 Å². The molecule has 0 radical (unpaired) electrons. The molecule has 0 aliphatic rings. The molecule has 0 aliphatic carbocycles. The molecule has 0 spiro atoms. The maximum atomic E-state index is 13.5. The first-order chi connectivity index (χ1) is 14.9. The van der Waals surface area contributed by atoms with Crippen molar-refractivity contribution in [3.8, 4) is 0 Å². The van der Waals surface area contributed by atoms with Crippen molar-refractivity contribution < 1.29 is 13.2 Å². The molecule has 1 heterocycles. The van der Waals surface area contributed by atoms with Crippen LogP contribution in [0.3, 0.4) is 0 Å². The number of carbonyl (C=O) groups is 1. The van der Waals surface area contributed by atoms with E-state index in [4.69, 9.17) is 0 Å². The number of rotatable bonds is 6. The molecule has 31 heavy (non-hydrogen) atoms. The van der Waals surface area contributed by atoms with Gasteiger partial charge in [0.05, 0.1) is 26.9 Å². The molecule has 7 heteroatoms. The highest BCUT2D eigenvalue weighted by atomic mass is 32.2. The van der Waals surface area contributed by atoms with Gasteiger partial charge in [0, 0.05) is 5.56 Å². The SMILES string of the molecule is CC(C)S(=O)(=O)c1ccc(C(=O)N(Cc2ccccc2)c2nc3ccccc3s2)cc1. The Morgan fingerprint density at radius 3 is 2.23 bits per heavy atom. The summed E-state index contributed by atoms with van der Waals surface area (Å²) in [7, 11) is -3.39. The second-order valence-electron chi connectivity index (χ2n) is 7.46. The molecule has 0 N–H and O–H groups in total. The Labute approximate surface area is 185 Å². The maximum Gasteiger partial charge on any atom is 0.260 e. The Balaban J connectivity index is 1.71. The fourth-order valence-corrected chi connectivity index (χ4v) is 5.21. The molecule has 1 aromatic heterocycles. The minimum Gasteiger partial charge on any atom is -0.279 e. The van der Waals surface area contributed by atoms with Gasteiger partial charge in [0.1, 0.15) is 0 Å². The number of aromatic nitrogens is 1. The van der Waals surface area contributed by atoms with E-state index in [1.54, 1.807) is 30.9 Å². The number of fused-ring (bicyclic) bond motifs is 1. The minimum absolute atomic E-state index is 0.216. The number of thiazole rings is 1. The summed E-state index contributed by atoms with van der Waals surface area (Å²) in [5.74, 6) is -0.226. The van der Waals surface area contributed by atoms with Gasteiger partial charge in [-0.15, -0.1) is 0 Å². The van der Waals surface area contributed by atoms with Crippen LogP contribution >= 0.6 is 11.3 Å². The van der Waals surface area contributed by atoms with E-state index in [-0.39, 0.29) is 10.8 Å². The van der Waals surface area contributed by atoms with Crippen LogP contribution in [0.4, 0.5) is 5.13 Å². The van der Waals surface area contributed by atoms with E-state index in [0.29, 0.717) is 17.2 Å². The van der Waals surface area contributed by atoms with Crippen LogP contribution in [-0.2, 0) is 16.4 Å². The van der Waals surface area contributed by atoms with E-state index >= 15 is 0 Å². The summed E-state index contributed by atoms with van der Waals surface area (Å²) in [5.41, 5.74) is 2.23. The highest BCUT2D eigenvalue weighted by molar-refractivity contribution is 7.92. The van der Waals surface area contributed by atoms with Gasteiger partial charge in [-0.25, -0.2) is 13.4 Å². The van der Waals surface area contributed by atoms with Crippen molar-refractivity contribution in [2.75, 3.05) is 4.90 Å². The molecule has 5 nitrogen and oxygen atoms in total. The molecule has 3 aromatic carbocycles. The largest absolute Gasteiger partial charge is 0.279 e. The number of amides is 1. The third-order valence-corrected chi connectivity index (χ3v) is 8.22. The summed E-state index contributed by atoms with van der Waals surface area (Å²) in [6.45, 7) is 3.65. The van der Waals surface area contributed by atoms with Crippen LogP contribution in [0.1, 0.15) is 29.8 Å². The zero-order valence-electron chi connectivity index (χ0n) is 17.2. The lowest BCUT2D eigenvalue weighted by atomic mass is 10.1. The average molecular weight is 451 g/mol. The number of sulfone groups is 1. The van der Waals surface area contributed by atoms with Crippen LogP contribution in [0.5, 0.6) is 0 Å². The standard InChI is InChI=1S/C24H22N2O3S2/c1-17(2)31(28,29)20-14-12-19(13-15-20)23(27)26(16-18-8-4-3-5-9-18)24-25-21-10-6-7-11-22(21)30-24/h3-15,17H,16H2,1-2H3. The zero-order chi connectivity index (χ0) is 22.0. The lowest BCUT2D eigenvalue weighted by Gasteiger charge is -2.20. The molecule has 4 aromatic rings. The van der Waals surface area contributed by atoms with Crippen molar-refractivity contribution in [3.05, 3.63) is 90.0 Å². The number of benzene rings is 3. The fourth-order valence-electron chi connectivity index (χ4n) is 3.18. The second-order valence-corrected chi connectivity index (χ2v) is 11.0. The number of para-hydroxylation sites is 1. The molecule has 158 valence electrons. The first-order valence-electron chi connectivity index (χ1n) is 9.91. The number of carbonyl (C=O) groups excluding carboxylic acids is 1. The van der Waals surface area contributed by atoms with Crippen LogP contribution in [0.25, 0.3) is 10.2 Å². The molecule has 4 rings (SSSR count). The lowest BCUT2D eigenvalue weighted by molar-refractivity contribution is 0.0985. The quantitative estimate of drug-likeness (QED) is 0.398. The summed E-state index contributed by atoms with van der Waals surface area (Å²) in [6, 6.07) is 23.6. The number of nitrogens with zero attached hydrogens (tertiary/aromatic N) is 2. The number of hydrogen-bond donors (Lipinski definition) is 0. The molecular formula is C24H22N2O3S2. The minimum atomic E-state index is -3.39. The third kappa shape index (κ3) is 4.38. The van der Waals surface area contributed by atoms with E-state index in [2.05, 4.69) is 4.98 Å². The van der Waals surface area contributed by atoms with E-state index in [1.807, 2.05) is 54.6 Å². The first kappa shape index (κ1) is 21.2. The Kier molecular flexibility index (Phi) is 5.89. The van der Waals surface area contributed by atoms with Gasteiger partial charge < -0.3 is 0 Å². The van der Waals surface area contributed by atoms with E-state index in [0.717, 1.165) is 15.8 Å². The van der Waals surface area contributed by atoms with Crippen LogP contribution in [0.2, 0.25) is 0 Å². The monoisotopic (exact) mass is 450 g/mol. The zero-order valence-corrected chi connectivity index (χ0v) is 18.9. The second kappa shape index (κ2) is 8.61. The number of hydrogen-bond acceptors (Lipinski definition) is 5. The first-order valence-corrected chi connectivity index (χ1v) is 12.3. The molecule has 0 fully saturated rings. The fraction of sp³-hybridized carbons (Fsp3) is 0.167. The highest BCUT2D eigenvalue weighted by Crippen LogP contribution is 2.31. The molecule has 0 atom stereocenters. The normalized spacial score (nSPS) is 11.7.